The molecule has 1 amide bonds. The summed E-state index contributed by atoms with van der Waals surface area (Å²) in [5.74, 6) is -0.253. The Morgan fingerprint density at radius 1 is 0.939 bits per heavy atom. The predicted octanol–water partition coefficient (Wildman–Crippen LogP) is 2.58. The Bertz CT molecular complexity index is 1270. The molecule has 0 saturated carbocycles. The number of rotatable bonds is 6. The summed E-state index contributed by atoms with van der Waals surface area (Å²) in [6.07, 6.45) is 1.47. The van der Waals surface area contributed by atoms with Crippen molar-refractivity contribution in [2.45, 2.75) is 55.3 Å². The number of carbonyl (C=O) groups excluding carboxylic acids is 1. The molecule has 2 saturated heterocycles. The standard InChI is InChI=1S/C22H28ClN3O5S2/c1-15(2)33(30,31)25-10-7-19(8-11-25)26-12-9-21(22(26)27)24-32(28,29)20-6-4-16-13-18(23)5-3-17(16)14-20/h3-6,13-15,19,21,24H,7-12H2,1-2H3/t21-/m0/s1. The highest BCUT2D eigenvalue weighted by molar-refractivity contribution is 7.89. The van der Waals surface area contributed by atoms with Crippen LogP contribution in [0.3, 0.4) is 0 Å². The molecular formula is C22H28ClN3O5S2. The first-order valence-electron chi connectivity index (χ1n) is 11.0. The molecule has 2 heterocycles. The van der Waals surface area contributed by atoms with Gasteiger partial charge in [0.05, 0.1) is 10.1 Å². The van der Waals surface area contributed by atoms with Crippen LogP contribution in [-0.2, 0) is 24.8 Å². The summed E-state index contributed by atoms with van der Waals surface area (Å²) in [4.78, 5) is 14.8. The Kier molecular flexibility index (Phi) is 6.76. The fraction of sp³-hybridized carbons (Fsp3) is 0.500. The van der Waals surface area contributed by atoms with Crippen molar-refractivity contribution in [1.29, 1.82) is 0 Å². The SMILES string of the molecule is CC(C)S(=O)(=O)N1CCC(N2CC[C@H](NS(=O)(=O)c3ccc4cc(Cl)ccc4c3)C2=O)CC1. The van der Waals surface area contributed by atoms with E-state index >= 15 is 0 Å². The average molecular weight is 514 g/mol. The zero-order chi connectivity index (χ0) is 24.0. The van der Waals surface area contributed by atoms with Crippen LogP contribution in [0, 0.1) is 0 Å². The first kappa shape index (κ1) is 24.4. The minimum atomic E-state index is -3.89. The van der Waals surface area contributed by atoms with E-state index in [0.717, 1.165) is 10.8 Å². The van der Waals surface area contributed by atoms with Gasteiger partial charge in [0.2, 0.25) is 26.0 Å². The molecule has 2 aliphatic rings. The van der Waals surface area contributed by atoms with Gasteiger partial charge in [-0.25, -0.2) is 21.1 Å². The van der Waals surface area contributed by atoms with Gasteiger partial charge in [-0.3, -0.25) is 4.79 Å². The van der Waals surface area contributed by atoms with Crippen LogP contribution in [0.1, 0.15) is 33.1 Å². The molecule has 0 aromatic heterocycles. The Hall–Kier alpha value is -1.72. The molecule has 11 heteroatoms. The fourth-order valence-corrected chi connectivity index (χ4v) is 7.25. The summed E-state index contributed by atoms with van der Waals surface area (Å²) < 4.78 is 54.7. The van der Waals surface area contributed by atoms with E-state index in [1.54, 1.807) is 49.1 Å². The lowest BCUT2D eigenvalue weighted by Gasteiger charge is -2.36. The molecule has 1 atom stereocenters. The van der Waals surface area contributed by atoms with Crippen molar-refractivity contribution in [1.82, 2.24) is 13.9 Å². The Morgan fingerprint density at radius 2 is 1.58 bits per heavy atom. The number of hydrogen-bond donors (Lipinski definition) is 1. The van der Waals surface area contributed by atoms with Crippen molar-refractivity contribution in [3.8, 4) is 0 Å². The maximum Gasteiger partial charge on any atom is 0.241 e. The lowest BCUT2D eigenvalue weighted by atomic mass is 10.1. The third kappa shape index (κ3) is 4.90. The van der Waals surface area contributed by atoms with Crippen LogP contribution >= 0.6 is 11.6 Å². The van der Waals surface area contributed by atoms with Crippen molar-refractivity contribution in [2.24, 2.45) is 0 Å². The number of hydrogen-bond acceptors (Lipinski definition) is 5. The number of fused-ring (bicyclic) bond motifs is 1. The van der Waals surface area contributed by atoms with Crippen molar-refractivity contribution >= 4 is 48.3 Å². The van der Waals surface area contributed by atoms with Gasteiger partial charge in [0.1, 0.15) is 6.04 Å². The van der Waals surface area contributed by atoms with E-state index in [4.69, 9.17) is 11.6 Å². The maximum atomic E-state index is 13.0. The van der Waals surface area contributed by atoms with Gasteiger partial charge in [0.25, 0.3) is 0 Å². The summed E-state index contributed by atoms with van der Waals surface area (Å²) in [5.41, 5.74) is 0. The number of piperidine rings is 1. The molecule has 2 aromatic rings. The molecule has 4 rings (SSSR count). The van der Waals surface area contributed by atoms with Crippen LogP contribution in [-0.4, -0.2) is 68.9 Å². The maximum absolute atomic E-state index is 13.0. The van der Waals surface area contributed by atoms with Gasteiger partial charge in [-0.2, -0.15) is 4.72 Å². The second-order valence-electron chi connectivity index (χ2n) is 8.87. The number of carbonyl (C=O) groups is 1. The summed E-state index contributed by atoms with van der Waals surface area (Å²) in [6.45, 7) is 4.50. The number of nitrogens with zero attached hydrogens (tertiary/aromatic N) is 2. The highest BCUT2D eigenvalue weighted by atomic mass is 35.5. The quantitative estimate of drug-likeness (QED) is 0.639. The smallest absolute Gasteiger partial charge is 0.241 e. The highest BCUT2D eigenvalue weighted by Gasteiger charge is 2.40. The highest BCUT2D eigenvalue weighted by Crippen LogP contribution is 2.27. The predicted molar refractivity (Wildman–Crippen MR) is 128 cm³/mol. The zero-order valence-corrected chi connectivity index (χ0v) is 21.0. The van der Waals surface area contributed by atoms with E-state index in [1.165, 1.54) is 10.4 Å². The van der Waals surface area contributed by atoms with Gasteiger partial charge in [0, 0.05) is 30.7 Å². The number of benzene rings is 2. The van der Waals surface area contributed by atoms with Gasteiger partial charge in [-0.15, -0.1) is 0 Å². The van der Waals surface area contributed by atoms with Gasteiger partial charge < -0.3 is 4.90 Å². The van der Waals surface area contributed by atoms with E-state index in [9.17, 15) is 21.6 Å². The van der Waals surface area contributed by atoms with E-state index in [0.29, 0.717) is 43.9 Å². The first-order valence-corrected chi connectivity index (χ1v) is 14.4. The van der Waals surface area contributed by atoms with E-state index < -0.39 is 31.3 Å². The first-order chi connectivity index (χ1) is 15.5. The molecule has 1 N–H and O–H groups in total. The lowest BCUT2D eigenvalue weighted by molar-refractivity contribution is -0.131. The van der Waals surface area contributed by atoms with Crippen LogP contribution in [0.15, 0.2) is 41.3 Å². The molecule has 180 valence electrons. The normalized spacial score (nSPS) is 21.4. The van der Waals surface area contributed by atoms with Crippen molar-refractivity contribution in [3.05, 3.63) is 41.4 Å². The summed E-state index contributed by atoms with van der Waals surface area (Å²) in [6, 6.07) is 9.06. The third-order valence-electron chi connectivity index (χ3n) is 6.44. The number of sulfonamides is 2. The zero-order valence-electron chi connectivity index (χ0n) is 18.6. The molecule has 8 nitrogen and oxygen atoms in total. The van der Waals surface area contributed by atoms with Gasteiger partial charge in [-0.1, -0.05) is 23.7 Å². The number of nitrogens with one attached hydrogen (secondary N) is 1. The summed E-state index contributed by atoms with van der Waals surface area (Å²) in [5, 5.41) is 1.66. The second kappa shape index (κ2) is 9.14. The molecule has 0 bridgehead atoms. The van der Waals surface area contributed by atoms with Crippen molar-refractivity contribution in [3.63, 3.8) is 0 Å². The lowest BCUT2D eigenvalue weighted by Crippen LogP contribution is -2.50. The molecule has 0 spiro atoms. The van der Waals surface area contributed by atoms with Gasteiger partial charge in [-0.05, 0) is 68.1 Å². The largest absolute Gasteiger partial charge is 0.338 e. The molecule has 2 aliphatic heterocycles. The van der Waals surface area contributed by atoms with Gasteiger partial charge >= 0.3 is 0 Å². The molecule has 0 aliphatic carbocycles. The molecule has 0 radical (unpaired) electrons. The van der Waals surface area contributed by atoms with Crippen LogP contribution in [0.25, 0.3) is 10.8 Å². The van der Waals surface area contributed by atoms with Crippen LogP contribution in [0.2, 0.25) is 5.02 Å². The summed E-state index contributed by atoms with van der Waals surface area (Å²) >= 11 is 5.99. The molecule has 2 aromatic carbocycles. The van der Waals surface area contributed by atoms with Gasteiger partial charge in [0.15, 0.2) is 0 Å². The molecule has 33 heavy (non-hydrogen) atoms. The van der Waals surface area contributed by atoms with Crippen LogP contribution in [0.4, 0.5) is 0 Å². The Morgan fingerprint density at radius 3 is 2.24 bits per heavy atom. The van der Waals surface area contributed by atoms with E-state index in [2.05, 4.69) is 4.72 Å². The Labute approximate surface area is 200 Å². The minimum Gasteiger partial charge on any atom is -0.338 e. The number of amides is 1. The van der Waals surface area contributed by atoms with Crippen molar-refractivity contribution < 1.29 is 21.6 Å². The minimum absolute atomic E-state index is 0.0870. The molecule has 2 fully saturated rings. The number of likely N-dealkylation sites (tertiary alicyclic amines) is 1. The number of halogens is 1. The van der Waals surface area contributed by atoms with Crippen molar-refractivity contribution in [2.75, 3.05) is 19.6 Å². The monoisotopic (exact) mass is 513 g/mol. The van der Waals surface area contributed by atoms with E-state index in [1.807, 2.05) is 0 Å². The second-order valence-corrected chi connectivity index (χ2v) is 13.5. The fourth-order valence-electron chi connectivity index (χ4n) is 4.50. The topological polar surface area (TPSA) is 104 Å². The molecule has 0 unspecified atom stereocenters. The van der Waals surface area contributed by atoms with Crippen LogP contribution in [0.5, 0.6) is 0 Å². The Balaban J connectivity index is 1.42. The van der Waals surface area contributed by atoms with E-state index in [-0.39, 0.29) is 16.8 Å². The third-order valence-corrected chi connectivity index (χ3v) is 10.4. The van der Waals surface area contributed by atoms with Crippen LogP contribution < -0.4 is 4.72 Å². The average Bonchev–Trinajstić information content (AvgIpc) is 3.12. The molecular weight excluding hydrogens is 486 g/mol. The summed E-state index contributed by atoms with van der Waals surface area (Å²) in [7, 11) is -7.20.